The molecule has 0 unspecified atom stereocenters. The zero-order valence-electron chi connectivity index (χ0n) is 19.9. The van der Waals surface area contributed by atoms with Crippen LogP contribution in [-0.4, -0.2) is 70.1 Å². The van der Waals surface area contributed by atoms with E-state index in [-0.39, 0.29) is 45.4 Å². The lowest BCUT2D eigenvalue weighted by molar-refractivity contribution is 0.0833. The Morgan fingerprint density at radius 2 is 1.77 bits per heavy atom. The Bertz CT molecular complexity index is 1180. The number of amides is 1. The Hall–Kier alpha value is -2.24. The fourth-order valence-corrected chi connectivity index (χ4v) is 5.55. The topological polar surface area (TPSA) is 91.2 Å². The summed E-state index contributed by atoms with van der Waals surface area (Å²) in [6, 6.07) is 6.00. The van der Waals surface area contributed by atoms with E-state index in [0.29, 0.717) is 24.0 Å². The molecule has 35 heavy (non-hydrogen) atoms. The van der Waals surface area contributed by atoms with Crippen molar-refractivity contribution in [2.45, 2.75) is 37.6 Å². The first-order chi connectivity index (χ1) is 16.1. The summed E-state index contributed by atoms with van der Waals surface area (Å²) in [6.45, 7) is 4.83. The molecule has 188 valence electrons. The highest BCUT2D eigenvalue weighted by atomic mass is 79.9. The molecular formula is C24H32Br2N8O. The van der Waals surface area contributed by atoms with Crippen molar-refractivity contribution in [3.63, 3.8) is 0 Å². The summed E-state index contributed by atoms with van der Waals surface area (Å²) in [4.78, 5) is 31.3. The minimum Gasteiger partial charge on any atom is -0.368 e. The molecule has 1 amide bonds. The number of carbonyl (C=O) groups is 1. The van der Waals surface area contributed by atoms with Gasteiger partial charge in [-0.25, -0.2) is 9.97 Å². The van der Waals surface area contributed by atoms with Crippen LogP contribution in [0.3, 0.4) is 0 Å². The van der Waals surface area contributed by atoms with Crippen molar-refractivity contribution in [2.24, 2.45) is 0 Å². The Labute approximate surface area is 226 Å². The fourth-order valence-electron chi connectivity index (χ4n) is 5.55. The van der Waals surface area contributed by atoms with Crippen molar-refractivity contribution >= 4 is 68.4 Å². The van der Waals surface area contributed by atoms with Crippen LogP contribution in [0.25, 0.3) is 11.0 Å². The van der Waals surface area contributed by atoms with Crippen molar-refractivity contribution in [1.82, 2.24) is 29.7 Å². The van der Waals surface area contributed by atoms with Crippen LogP contribution in [0.5, 0.6) is 0 Å². The molecule has 0 atom stereocenters. The Kier molecular flexibility index (Phi) is 7.68. The van der Waals surface area contributed by atoms with Gasteiger partial charge in [-0.1, -0.05) is 19.3 Å². The lowest BCUT2D eigenvalue weighted by atomic mass is 9.80. The van der Waals surface area contributed by atoms with E-state index in [2.05, 4.69) is 48.1 Å². The number of hydrogen-bond acceptors (Lipinski definition) is 7. The molecule has 6 rings (SSSR count). The van der Waals surface area contributed by atoms with Gasteiger partial charge in [0.25, 0.3) is 5.91 Å². The summed E-state index contributed by atoms with van der Waals surface area (Å²) in [5.41, 5.74) is 2.57. The molecule has 1 aliphatic carbocycles. The summed E-state index contributed by atoms with van der Waals surface area (Å²) >= 11 is 0. The number of fused-ring (bicyclic) bond motifs is 4. The van der Waals surface area contributed by atoms with Crippen LogP contribution in [0.1, 0.15) is 42.6 Å². The molecule has 1 saturated carbocycles. The van der Waals surface area contributed by atoms with Gasteiger partial charge in [0.1, 0.15) is 17.2 Å². The number of carbonyl (C=O) groups excluding carboxylic acids is 1. The van der Waals surface area contributed by atoms with Gasteiger partial charge >= 0.3 is 0 Å². The molecule has 11 heteroatoms. The summed E-state index contributed by atoms with van der Waals surface area (Å²) in [5, 5.41) is 7.27. The van der Waals surface area contributed by atoms with Crippen molar-refractivity contribution < 1.29 is 4.79 Å². The smallest absolute Gasteiger partial charge is 0.268 e. The van der Waals surface area contributed by atoms with E-state index in [9.17, 15) is 4.79 Å². The lowest BCUT2D eigenvalue weighted by Crippen LogP contribution is -2.52. The number of halogens is 2. The molecule has 3 aliphatic rings. The van der Waals surface area contributed by atoms with Gasteiger partial charge in [-0.2, -0.15) is 4.98 Å². The maximum atomic E-state index is 12.6. The highest BCUT2D eigenvalue weighted by Gasteiger charge is 2.41. The third kappa shape index (κ3) is 4.77. The van der Waals surface area contributed by atoms with Crippen LogP contribution in [0.4, 0.5) is 17.5 Å². The van der Waals surface area contributed by atoms with Crippen LogP contribution in [0, 0.1) is 0 Å². The molecular weight excluding hydrogens is 576 g/mol. The second-order valence-corrected chi connectivity index (χ2v) is 9.62. The zero-order valence-corrected chi connectivity index (χ0v) is 23.3. The summed E-state index contributed by atoms with van der Waals surface area (Å²) in [5.74, 6) is 1.18. The molecule has 1 saturated heterocycles. The van der Waals surface area contributed by atoms with E-state index in [1.54, 1.807) is 6.20 Å². The number of nitrogens with zero attached hydrogens (tertiary/aromatic N) is 6. The molecule has 5 heterocycles. The molecule has 0 aromatic carbocycles. The first kappa shape index (κ1) is 25.8. The van der Waals surface area contributed by atoms with Crippen molar-refractivity contribution in [3.8, 4) is 0 Å². The second kappa shape index (κ2) is 10.4. The Morgan fingerprint density at radius 1 is 1.00 bits per heavy atom. The number of anilines is 3. The van der Waals surface area contributed by atoms with Gasteiger partial charge in [-0.15, -0.1) is 34.0 Å². The quantitative estimate of drug-likeness (QED) is 0.467. The molecule has 0 bridgehead atoms. The van der Waals surface area contributed by atoms with Gasteiger partial charge in [-0.3, -0.25) is 4.79 Å². The molecule has 9 nitrogen and oxygen atoms in total. The predicted octanol–water partition coefficient (Wildman–Crippen LogP) is 3.88. The Balaban J connectivity index is 0.00000144. The van der Waals surface area contributed by atoms with Crippen LogP contribution < -0.4 is 15.5 Å². The standard InChI is InChI=1S/C24H30N8O.2BrH/c1-30-9-11-31(12-10-30)18-5-6-20(25-15-18)28-23-26-14-17-13-19-22(33)27-16-24(7-3-2-4-8-24)32(19)21(17)29-23;;/h5-6,13-15H,2-4,7-12,16H2,1H3,(H,27,33)(H,25,26,28,29);2*1H. The summed E-state index contributed by atoms with van der Waals surface area (Å²) in [6.07, 6.45) is 9.44. The monoisotopic (exact) mass is 606 g/mol. The molecule has 2 N–H and O–H groups in total. The zero-order chi connectivity index (χ0) is 22.4. The number of nitrogens with one attached hydrogen (secondary N) is 2. The first-order valence-corrected chi connectivity index (χ1v) is 12.0. The molecule has 1 spiro atoms. The van der Waals surface area contributed by atoms with Crippen LogP contribution in [0.2, 0.25) is 0 Å². The maximum absolute atomic E-state index is 12.6. The largest absolute Gasteiger partial charge is 0.368 e. The first-order valence-electron chi connectivity index (χ1n) is 12.0. The average Bonchev–Trinajstić information content (AvgIpc) is 3.24. The molecule has 0 radical (unpaired) electrons. The van der Waals surface area contributed by atoms with Crippen molar-refractivity contribution in [1.29, 1.82) is 0 Å². The number of pyridine rings is 1. The normalized spacial score (nSPS) is 19.5. The van der Waals surface area contributed by atoms with Gasteiger partial charge in [0.2, 0.25) is 5.95 Å². The van der Waals surface area contributed by atoms with E-state index < -0.39 is 0 Å². The summed E-state index contributed by atoms with van der Waals surface area (Å²) < 4.78 is 2.19. The highest BCUT2D eigenvalue weighted by Crippen LogP contribution is 2.40. The SMILES string of the molecule is Br.Br.CN1CCN(c2ccc(Nc3ncc4cc5n(c4n3)C3(CCCCC3)CNC5=O)nc2)CC1. The van der Waals surface area contributed by atoms with Crippen LogP contribution >= 0.6 is 34.0 Å². The predicted molar refractivity (Wildman–Crippen MR) is 149 cm³/mol. The third-order valence-corrected chi connectivity index (χ3v) is 7.47. The minimum absolute atomic E-state index is 0. The van der Waals surface area contributed by atoms with Gasteiger partial charge in [0.15, 0.2) is 0 Å². The average molecular weight is 608 g/mol. The van der Waals surface area contributed by atoms with E-state index in [1.807, 2.05) is 18.3 Å². The van der Waals surface area contributed by atoms with Crippen molar-refractivity contribution in [2.75, 3.05) is 50.0 Å². The number of aromatic nitrogens is 4. The molecule has 2 fully saturated rings. The van der Waals surface area contributed by atoms with Gasteiger partial charge in [0, 0.05) is 44.3 Å². The van der Waals surface area contributed by atoms with E-state index in [1.165, 1.54) is 19.3 Å². The molecule has 2 aliphatic heterocycles. The number of hydrogen-bond donors (Lipinski definition) is 2. The summed E-state index contributed by atoms with van der Waals surface area (Å²) in [7, 11) is 2.16. The van der Waals surface area contributed by atoms with Crippen LogP contribution in [-0.2, 0) is 5.54 Å². The molecule has 3 aromatic rings. The van der Waals surface area contributed by atoms with Gasteiger partial charge in [0.05, 0.1) is 17.4 Å². The fraction of sp³-hybridized carbons (Fsp3) is 0.500. The third-order valence-electron chi connectivity index (χ3n) is 7.47. The minimum atomic E-state index is -0.0860. The highest BCUT2D eigenvalue weighted by molar-refractivity contribution is 8.93. The second-order valence-electron chi connectivity index (χ2n) is 9.62. The van der Waals surface area contributed by atoms with Crippen LogP contribution in [0.15, 0.2) is 30.6 Å². The number of rotatable bonds is 3. The molecule has 3 aromatic heterocycles. The lowest BCUT2D eigenvalue weighted by Gasteiger charge is -2.42. The maximum Gasteiger partial charge on any atom is 0.268 e. The number of likely N-dealkylation sites (N-methyl/N-ethyl adjacent to an activating group) is 1. The van der Waals surface area contributed by atoms with E-state index in [4.69, 9.17) is 4.98 Å². The Morgan fingerprint density at radius 3 is 2.49 bits per heavy atom. The van der Waals surface area contributed by atoms with E-state index >= 15 is 0 Å². The van der Waals surface area contributed by atoms with Crippen molar-refractivity contribution in [3.05, 3.63) is 36.3 Å². The number of piperazine rings is 1. The van der Waals surface area contributed by atoms with Gasteiger partial charge in [-0.05, 0) is 38.1 Å². The van der Waals surface area contributed by atoms with Gasteiger partial charge < -0.3 is 25.0 Å². The van der Waals surface area contributed by atoms with E-state index in [0.717, 1.165) is 55.7 Å².